The smallest absolute Gasteiger partial charge is 0.119 e. The lowest BCUT2D eigenvalue weighted by Gasteiger charge is -2.26. The molecule has 0 aliphatic rings. The Bertz CT molecular complexity index is 2810. The van der Waals surface area contributed by atoms with Crippen LogP contribution in [0.3, 0.4) is 0 Å². The topological polar surface area (TPSA) is 48.3 Å². The summed E-state index contributed by atoms with van der Waals surface area (Å²) in [6.45, 7) is 3.28. The number of hydrogen-bond acceptors (Lipinski definition) is 7. The zero-order valence-corrected chi connectivity index (χ0v) is 42.1. The number of aryl methyl sites for hydroxylation is 1. The molecule has 0 N–H and O–H groups in total. The summed E-state index contributed by atoms with van der Waals surface area (Å²) < 4.78 is 25.9. The summed E-state index contributed by atoms with van der Waals surface area (Å²) in [7, 11) is 6.80. The van der Waals surface area contributed by atoms with Crippen LogP contribution in [-0.2, 0) is 6.54 Å². The molecular formula is C62H65N3O4S. The van der Waals surface area contributed by atoms with Gasteiger partial charge in [0.05, 0.1) is 44.2 Å². The third-order valence-electron chi connectivity index (χ3n) is 13.5. The van der Waals surface area contributed by atoms with Crippen LogP contribution in [0.15, 0.2) is 170 Å². The molecule has 8 heteroatoms. The minimum Gasteiger partial charge on any atom is -0.497 e. The first kappa shape index (κ1) is 47.9. The molecule has 0 aliphatic heterocycles. The van der Waals surface area contributed by atoms with Gasteiger partial charge in [0.25, 0.3) is 0 Å². The number of thiophene rings is 1. The highest BCUT2D eigenvalue weighted by atomic mass is 32.1. The second kappa shape index (κ2) is 23.0. The molecule has 0 amide bonds. The number of ether oxygens (including phenoxy) is 4. The number of hydrogen-bond donors (Lipinski definition) is 0. The number of rotatable bonds is 23. The van der Waals surface area contributed by atoms with Crippen LogP contribution < -0.4 is 28.7 Å². The highest BCUT2D eigenvalue weighted by Crippen LogP contribution is 2.44. The van der Waals surface area contributed by atoms with E-state index in [0.717, 1.165) is 70.1 Å². The van der Waals surface area contributed by atoms with E-state index in [1.54, 1.807) is 28.4 Å². The fourth-order valence-electron chi connectivity index (χ4n) is 9.57. The molecule has 0 unspecified atom stereocenters. The van der Waals surface area contributed by atoms with Crippen molar-refractivity contribution in [1.82, 2.24) is 4.57 Å². The molecule has 70 heavy (non-hydrogen) atoms. The highest BCUT2D eigenvalue weighted by Gasteiger charge is 2.19. The Labute approximate surface area is 418 Å². The highest BCUT2D eigenvalue weighted by molar-refractivity contribution is 7.23. The Morgan fingerprint density at radius 3 is 1.13 bits per heavy atom. The summed E-state index contributed by atoms with van der Waals surface area (Å²) in [4.78, 5) is 5.80. The minimum absolute atomic E-state index is 0.825. The van der Waals surface area contributed by atoms with Gasteiger partial charge in [-0.1, -0.05) is 101 Å². The molecular weight excluding hydrogens is 883 g/mol. The Balaban J connectivity index is 1.02. The molecule has 2 heterocycles. The van der Waals surface area contributed by atoms with Crippen LogP contribution in [0.25, 0.3) is 42.7 Å². The maximum absolute atomic E-state index is 5.49. The molecule has 9 aromatic rings. The number of unbranched alkanes of at least 4 members (excludes halogenated alkanes) is 9. The number of fused-ring (bicyclic) bond motifs is 3. The third kappa shape index (κ3) is 10.8. The lowest BCUT2D eigenvalue weighted by molar-refractivity contribution is 0.414. The van der Waals surface area contributed by atoms with Crippen molar-refractivity contribution in [2.45, 2.75) is 77.7 Å². The van der Waals surface area contributed by atoms with Gasteiger partial charge in [-0.15, -0.1) is 11.3 Å². The number of anilines is 6. The van der Waals surface area contributed by atoms with E-state index in [1.807, 2.05) is 59.9 Å². The van der Waals surface area contributed by atoms with Crippen LogP contribution in [0.5, 0.6) is 23.0 Å². The SMILES string of the molecule is CCCCCCCCCCCCn1c2cc(-c3ccc(N(c4ccc(OC)cc4)c4ccc(OC)cc4)cc3)ccc2c2sc(-c3ccc(N(c4ccc(OC)cc4)c4ccc(OC)cc4)cc3)cc21. The molecule has 0 fully saturated rings. The van der Waals surface area contributed by atoms with E-state index in [2.05, 4.69) is 143 Å². The number of nitrogens with zero attached hydrogens (tertiary/aromatic N) is 3. The maximum Gasteiger partial charge on any atom is 0.119 e. The maximum atomic E-state index is 5.49. The minimum atomic E-state index is 0.825. The normalized spacial score (nSPS) is 11.3. The van der Waals surface area contributed by atoms with Crippen molar-refractivity contribution in [3.63, 3.8) is 0 Å². The molecule has 0 atom stereocenters. The van der Waals surface area contributed by atoms with Gasteiger partial charge >= 0.3 is 0 Å². The van der Waals surface area contributed by atoms with Gasteiger partial charge in [0.1, 0.15) is 23.0 Å². The summed E-state index contributed by atoms with van der Waals surface area (Å²) in [5, 5.41) is 1.31. The van der Waals surface area contributed by atoms with E-state index in [9.17, 15) is 0 Å². The zero-order chi connectivity index (χ0) is 48.2. The van der Waals surface area contributed by atoms with Crippen molar-refractivity contribution in [2.75, 3.05) is 38.2 Å². The number of aromatic nitrogens is 1. The average molecular weight is 948 g/mol. The fourth-order valence-corrected chi connectivity index (χ4v) is 10.8. The zero-order valence-electron chi connectivity index (χ0n) is 41.3. The largest absolute Gasteiger partial charge is 0.497 e. The molecule has 0 spiro atoms. The van der Waals surface area contributed by atoms with Gasteiger partial charge in [-0.25, -0.2) is 0 Å². The first-order chi connectivity index (χ1) is 34.5. The van der Waals surface area contributed by atoms with Gasteiger partial charge in [-0.3, -0.25) is 0 Å². The first-order valence-corrected chi connectivity index (χ1v) is 25.7. The fraction of sp³-hybridized carbons (Fsp3) is 0.258. The molecule has 358 valence electrons. The van der Waals surface area contributed by atoms with Crippen molar-refractivity contribution in [3.8, 4) is 44.6 Å². The summed E-state index contributed by atoms with van der Waals surface area (Å²) >= 11 is 1.90. The molecule has 0 aliphatic carbocycles. The Morgan fingerprint density at radius 1 is 0.371 bits per heavy atom. The van der Waals surface area contributed by atoms with Crippen LogP contribution in [-0.4, -0.2) is 33.0 Å². The van der Waals surface area contributed by atoms with E-state index in [0.29, 0.717) is 0 Å². The van der Waals surface area contributed by atoms with Crippen molar-refractivity contribution in [3.05, 3.63) is 170 Å². The summed E-state index contributed by atoms with van der Waals surface area (Å²) in [6.07, 6.45) is 13.2. The predicted octanol–water partition coefficient (Wildman–Crippen LogP) is 18.1. The Morgan fingerprint density at radius 2 is 0.729 bits per heavy atom. The van der Waals surface area contributed by atoms with Crippen molar-refractivity contribution >= 4 is 66.6 Å². The van der Waals surface area contributed by atoms with Crippen LogP contribution in [0.4, 0.5) is 34.1 Å². The van der Waals surface area contributed by atoms with E-state index in [1.165, 1.54) is 100 Å². The average Bonchev–Trinajstić information content (AvgIpc) is 3.98. The van der Waals surface area contributed by atoms with Crippen LogP contribution in [0.2, 0.25) is 0 Å². The quantitative estimate of drug-likeness (QED) is 0.0596. The van der Waals surface area contributed by atoms with Gasteiger partial charge < -0.3 is 33.3 Å². The lowest BCUT2D eigenvalue weighted by atomic mass is 10.0. The van der Waals surface area contributed by atoms with Gasteiger partial charge in [0, 0.05) is 50.9 Å². The van der Waals surface area contributed by atoms with Crippen LogP contribution in [0, 0.1) is 0 Å². The van der Waals surface area contributed by atoms with Gasteiger partial charge in [0.15, 0.2) is 0 Å². The predicted molar refractivity (Wildman–Crippen MR) is 296 cm³/mol. The van der Waals surface area contributed by atoms with Crippen LogP contribution >= 0.6 is 11.3 Å². The van der Waals surface area contributed by atoms with Crippen molar-refractivity contribution < 1.29 is 18.9 Å². The van der Waals surface area contributed by atoms with Crippen molar-refractivity contribution in [1.29, 1.82) is 0 Å². The Kier molecular flexibility index (Phi) is 15.7. The number of benzene rings is 7. The summed E-state index contributed by atoms with van der Waals surface area (Å²) in [6, 6.07) is 60.3. The molecule has 0 saturated heterocycles. The molecule has 7 aromatic carbocycles. The third-order valence-corrected chi connectivity index (χ3v) is 14.7. The standard InChI is InChI=1S/C62H65N3O4S/c1-6-7-8-9-10-11-12-13-14-15-42-63-59-43-47(45-16-21-48(22-17-45)64(50-25-33-54(66-2)34-26-50)51-27-35-55(67-3)36-28-51)20-41-58(59)62-60(63)44-61(70-62)46-18-23-49(24-19-46)65(52-29-37-56(68-4)38-30-52)53-31-39-57(69-5)40-32-53/h16-41,43-44H,6-15,42H2,1-5H3. The van der Waals surface area contributed by atoms with Gasteiger partial charge in [-0.05, 0) is 157 Å². The van der Waals surface area contributed by atoms with E-state index >= 15 is 0 Å². The lowest BCUT2D eigenvalue weighted by Crippen LogP contribution is -2.09. The molecule has 0 saturated carbocycles. The second-order valence-corrected chi connectivity index (χ2v) is 19.0. The van der Waals surface area contributed by atoms with E-state index < -0.39 is 0 Å². The molecule has 9 rings (SSSR count). The molecule has 7 nitrogen and oxygen atoms in total. The first-order valence-electron chi connectivity index (χ1n) is 24.9. The summed E-state index contributed by atoms with van der Waals surface area (Å²) in [5.74, 6) is 3.30. The van der Waals surface area contributed by atoms with E-state index in [-0.39, 0.29) is 0 Å². The monoisotopic (exact) mass is 947 g/mol. The molecule has 2 aromatic heterocycles. The molecule has 0 radical (unpaired) electrons. The van der Waals surface area contributed by atoms with Gasteiger partial charge in [-0.2, -0.15) is 0 Å². The van der Waals surface area contributed by atoms with Crippen LogP contribution in [0.1, 0.15) is 71.1 Å². The second-order valence-electron chi connectivity index (χ2n) is 17.9. The van der Waals surface area contributed by atoms with E-state index in [4.69, 9.17) is 18.9 Å². The summed E-state index contributed by atoms with van der Waals surface area (Å²) in [5.41, 5.74) is 12.6. The van der Waals surface area contributed by atoms with Crippen molar-refractivity contribution in [2.24, 2.45) is 0 Å². The Hall–Kier alpha value is -7.16. The number of methoxy groups -OCH3 is 4. The van der Waals surface area contributed by atoms with Gasteiger partial charge in [0.2, 0.25) is 0 Å². The molecule has 0 bridgehead atoms.